The quantitative estimate of drug-likeness (QED) is 0.468. The molecule has 0 aliphatic heterocycles. The number of ether oxygens (including phenoxy) is 1. The molecule has 1 aromatic heterocycles. The number of hydrogen-bond acceptors (Lipinski definition) is 3. The van der Waals surface area contributed by atoms with Crippen LogP contribution >= 0.6 is 43.5 Å². The lowest BCUT2D eigenvalue weighted by Gasteiger charge is -2.10. The maximum Gasteiger partial charge on any atom is 0.223 e. The van der Waals surface area contributed by atoms with Crippen LogP contribution in [0.4, 0.5) is 4.39 Å². The van der Waals surface area contributed by atoms with E-state index in [2.05, 4.69) is 41.8 Å². The van der Waals surface area contributed by atoms with Gasteiger partial charge in [0, 0.05) is 18.1 Å². The number of benzene rings is 1. The molecule has 7 heteroatoms. The Morgan fingerprint density at radius 1 is 1.20 bits per heavy atom. The first-order valence-electron chi connectivity index (χ1n) is 5.73. The molecule has 0 aliphatic carbocycles. The molecule has 0 saturated carbocycles. The largest absolute Gasteiger partial charge is 0.438 e. The van der Waals surface area contributed by atoms with Gasteiger partial charge in [-0.2, -0.15) is 4.98 Å². The molecule has 0 aliphatic rings. The van der Waals surface area contributed by atoms with Crippen LogP contribution in [0.15, 0.2) is 27.3 Å². The van der Waals surface area contributed by atoms with Crippen molar-refractivity contribution < 1.29 is 9.13 Å². The summed E-state index contributed by atoms with van der Waals surface area (Å²) in [6, 6.07) is 4.26. The Bertz CT molecular complexity index is 653. The van der Waals surface area contributed by atoms with Crippen molar-refractivity contribution in [2.24, 2.45) is 0 Å². The van der Waals surface area contributed by atoms with Gasteiger partial charge in [0.2, 0.25) is 5.88 Å². The van der Waals surface area contributed by atoms with Crippen LogP contribution in [-0.4, -0.2) is 9.97 Å². The normalized spacial score (nSPS) is 10.9. The fraction of sp³-hybridized carbons (Fsp3) is 0.231. The van der Waals surface area contributed by atoms with Crippen LogP contribution in [0.1, 0.15) is 25.6 Å². The summed E-state index contributed by atoms with van der Waals surface area (Å²) in [6.07, 6.45) is 0. The molecule has 0 amide bonds. The second-order valence-corrected chi connectivity index (χ2v) is 6.41. The Labute approximate surface area is 137 Å². The highest BCUT2D eigenvalue weighted by Crippen LogP contribution is 2.34. The average Bonchev–Trinajstić information content (AvgIpc) is 2.35. The summed E-state index contributed by atoms with van der Waals surface area (Å²) in [4.78, 5) is 8.53. The van der Waals surface area contributed by atoms with Crippen molar-refractivity contribution in [1.82, 2.24) is 9.97 Å². The molecular weight excluding hydrogens is 414 g/mol. The van der Waals surface area contributed by atoms with Crippen molar-refractivity contribution in [2.75, 3.05) is 0 Å². The molecule has 0 N–H and O–H groups in total. The predicted molar refractivity (Wildman–Crippen MR) is 83.0 cm³/mol. The first kappa shape index (κ1) is 15.7. The summed E-state index contributed by atoms with van der Waals surface area (Å²) in [7, 11) is 0. The maximum atomic E-state index is 13.5. The van der Waals surface area contributed by atoms with Crippen molar-refractivity contribution >= 4 is 43.5 Å². The van der Waals surface area contributed by atoms with E-state index in [1.54, 1.807) is 6.07 Å². The lowest BCUT2D eigenvalue weighted by Crippen LogP contribution is -2.00. The highest BCUT2D eigenvalue weighted by atomic mass is 79.9. The standard InChI is InChI=1S/C13H10Br2ClFN2O/c1-6(2)13-18-11(15)5-12(19-13)20-10-4-9(17)8(16)3-7(10)14/h3-6H,1-2H3. The SMILES string of the molecule is CC(C)c1nc(Br)cc(Oc2cc(F)c(Cl)cc2Br)n1. The maximum absolute atomic E-state index is 13.5. The lowest BCUT2D eigenvalue weighted by atomic mass is 10.2. The van der Waals surface area contributed by atoms with Gasteiger partial charge in [0.05, 0.1) is 9.50 Å². The lowest BCUT2D eigenvalue weighted by molar-refractivity contribution is 0.449. The number of aromatic nitrogens is 2. The molecule has 0 atom stereocenters. The van der Waals surface area contributed by atoms with Crippen molar-refractivity contribution in [3.05, 3.63) is 43.9 Å². The molecule has 0 unspecified atom stereocenters. The van der Waals surface area contributed by atoms with Gasteiger partial charge in [-0.05, 0) is 37.9 Å². The third-order valence-electron chi connectivity index (χ3n) is 2.39. The van der Waals surface area contributed by atoms with Crippen molar-refractivity contribution in [3.63, 3.8) is 0 Å². The van der Waals surface area contributed by atoms with Gasteiger partial charge in [-0.1, -0.05) is 25.4 Å². The zero-order valence-corrected chi connectivity index (χ0v) is 14.6. The van der Waals surface area contributed by atoms with E-state index in [0.717, 1.165) is 0 Å². The summed E-state index contributed by atoms with van der Waals surface area (Å²) in [5.41, 5.74) is 0. The van der Waals surface area contributed by atoms with Gasteiger partial charge in [0.15, 0.2) is 0 Å². The summed E-state index contributed by atoms with van der Waals surface area (Å²) >= 11 is 12.3. The summed E-state index contributed by atoms with van der Waals surface area (Å²) in [5.74, 6) is 0.868. The molecule has 0 fully saturated rings. The molecule has 0 radical (unpaired) electrons. The molecular formula is C13H10Br2ClFN2O. The fourth-order valence-electron chi connectivity index (χ4n) is 1.42. The number of rotatable bonds is 3. The minimum atomic E-state index is -0.554. The third-order valence-corrected chi connectivity index (χ3v) is 3.71. The van der Waals surface area contributed by atoms with Gasteiger partial charge >= 0.3 is 0 Å². The molecule has 0 saturated heterocycles. The highest BCUT2D eigenvalue weighted by Gasteiger charge is 2.12. The highest BCUT2D eigenvalue weighted by molar-refractivity contribution is 9.10. The van der Waals surface area contributed by atoms with Crippen molar-refractivity contribution in [1.29, 1.82) is 0 Å². The predicted octanol–water partition coefficient (Wildman–Crippen LogP) is 5.71. The molecule has 0 bridgehead atoms. The van der Waals surface area contributed by atoms with Crippen LogP contribution in [0.3, 0.4) is 0 Å². The summed E-state index contributed by atoms with van der Waals surface area (Å²) in [6.45, 7) is 3.95. The molecule has 0 spiro atoms. The van der Waals surface area contributed by atoms with E-state index in [9.17, 15) is 4.39 Å². The van der Waals surface area contributed by atoms with Crippen LogP contribution in [0.2, 0.25) is 5.02 Å². The van der Waals surface area contributed by atoms with Crippen LogP contribution in [-0.2, 0) is 0 Å². The van der Waals surface area contributed by atoms with E-state index in [4.69, 9.17) is 16.3 Å². The third kappa shape index (κ3) is 3.68. The van der Waals surface area contributed by atoms with Crippen LogP contribution in [0.25, 0.3) is 0 Å². The minimum Gasteiger partial charge on any atom is -0.438 e. The van der Waals surface area contributed by atoms with E-state index in [-0.39, 0.29) is 10.9 Å². The molecule has 20 heavy (non-hydrogen) atoms. The van der Waals surface area contributed by atoms with Crippen molar-refractivity contribution in [3.8, 4) is 11.6 Å². The molecule has 2 rings (SSSR count). The Balaban J connectivity index is 2.37. The van der Waals surface area contributed by atoms with Gasteiger partial charge in [0.1, 0.15) is 22.0 Å². The van der Waals surface area contributed by atoms with E-state index < -0.39 is 5.82 Å². The Morgan fingerprint density at radius 3 is 2.55 bits per heavy atom. The van der Waals surface area contributed by atoms with Crippen LogP contribution in [0.5, 0.6) is 11.6 Å². The second-order valence-electron chi connectivity index (χ2n) is 4.34. The molecule has 106 valence electrons. The fourth-order valence-corrected chi connectivity index (χ4v) is 2.52. The molecule has 1 heterocycles. The Hall–Kier alpha value is -0.720. The van der Waals surface area contributed by atoms with Gasteiger partial charge in [-0.15, -0.1) is 0 Å². The van der Waals surface area contributed by atoms with E-state index in [0.29, 0.717) is 26.5 Å². The number of hydrogen-bond donors (Lipinski definition) is 0. The smallest absolute Gasteiger partial charge is 0.223 e. The van der Waals surface area contributed by atoms with Gasteiger partial charge in [-0.3, -0.25) is 0 Å². The zero-order valence-electron chi connectivity index (χ0n) is 10.6. The first-order chi connectivity index (χ1) is 9.36. The molecule has 2 aromatic rings. The minimum absolute atomic E-state index is 0.0240. The topological polar surface area (TPSA) is 35.0 Å². The van der Waals surface area contributed by atoms with Gasteiger partial charge in [0.25, 0.3) is 0 Å². The van der Waals surface area contributed by atoms with Gasteiger partial charge < -0.3 is 4.74 Å². The summed E-state index contributed by atoms with van der Waals surface area (Å²) in [5, 5.41) is 0.0240. The Morgan fingerprint density at radius 2 is 1.90 bits per heavy atom. The van der Waals surface area contributed by atoms with E-state index >= 15 is 0 Å². The first-order valence-corrected chi connectivity index (χ1v) is 7.70. The van der Waals surface area contributed by atoms with Crippen molar-refractivity contribution in [2.45, 2.75) is 19.8 Å². The zero-order chi connectivity index (χ0) is 14.9. The second kappa shape index (κ2) is 6.37. The van der Waals surface area contributed by atoms with Crippen LogP contribution in [0, 0.1) is 5.82 Å². The van der Waals surface area contributed by atoms with E-state index in [1.807, 2.05) is 13.8 Å². The Kier molecular flexibility index (Phi) is 4.99. The molecule has 1 aromatic carbocycles. The molecule has 3 nitrogen and oxygen atoms in total. The monoisotopic (exact) mass is 422 g/mol. The summed E-state index contributed by atoms with van der Waals surface area (Å²) < 4.78 is 20.2. The number of nitrogens with zero attached hydrogens (tertiary/aromatic N) is 2. The number of halogens is 4. The average molecular weight is 424 g/mol. The van der Waals surface area contributed by atoms with Gasteiger partial charge in [-0.25, -0.2) is 9.37 Å². The van der Waals surface area contributed by atoms with Crippen LogP contribution < -0.4 is 4.74 Å². The van der Waals surface area contributed by atoms with E-state index in [1.165, 1.54) is 12.1 Å².